The van der Waals surface area contributed by atoms with Crippen molar-refractivity contribution in [2.75, 3.05) is 11.9 Å². The second-order valence-electron chi connectivity index (χ2n) is 5.87. The number of hydrogen-bond donors (Lipinski definition) is 1. The maximum atomic E-state index is 5.82. The van der Waals surface area contributed by atoms with Crippen LogP contribution in [-0.4, -0.2) is 6.61 Å². The van der Waals surface area contributed by atoms with E-state index in [0.29, 0.717) is 5.92 Å². The van der Waals surface area contributed by atoms with Gasteiger partial charge in [-0.2, -0.15) is 0 Å². The van der Waals surface area contributed by atoms with Gasteiger partial charge in [-0.15, -0.1) is 0 Å². The lowest BCUT2D eigenvalue weighted by molar-refractivity contribution is 0.214. The van der Waals surface area contributed by atoms with Gasteiger partial charge in [-0.3, -0.25) is 0 Å². The van der Waals surface area contributed by atoms with Crippen molar-refractivity contribution in [3.05, 3.63) is 57.6 Å². The molecule has 0 saturated heterocycles. The molecule has 1 N–H and O–H groups in total. The van der Waals surface area contributed by atoms with Gasteiger partial charge in [-0.25, -0.2) is 0 Å². The van der Waals surface area contributed by atoms with E-state index in [1.165, 1.54) is 26.9 Å². The molecule has 2 atom stereocenters. The number of rotatable bonds is 2. The fourth-order valence-corrected chi connectivity index (χ4v) is 3.15. The topological polar surface area (TPSA) is 21.3 Å². The number of halogens is 1. The lowest BCUT2D eigenvalue weighted by Gasteiger charge is -2.33. The van der Waals surface area contributed by atoms with Gasteiger partial charge in [0.15, 0.2) is 0 Å². The van der Waals surface area contributed by atoms with E-state index in [-0.39, 0.29) is 6.04 Å². The van der Waals surface area contributed by atoms with Crippen molar-refractivity contribution in [2.45, 2.75) is 26.8 Å². The Morgan fingerprint density at radius 1 is 1.14 bits per heavy atom. The summed E-state index contributed by atoms with van der Waals surface area (Å²) in [7, 11) is 0. The van der Waals surface area contributed by atoms with Crippen LogP contribution in [0, 0.1) is 19.8 Å². The van der Waals surface area contributed by atoms with Crippen molar-refractivity contribution >= 4 is 21.6 Å². The molecule has 0 aliphatic carbocycles. The first kappa shape index (κ1) is 14.5. The molecule has 1 aliphatic rings. The monoisotopic (exact) mass is 345 g/mol. The van der Waals surface area contributed by atoms with Crippen molar-refractivity contribution in [3.63, 3.8) is 0 Å². The van der Waals surface area contributed by atoms with E-state index < -0.39 is 0 Å². The predicted molar refractivity (Wildman–Crippen MR) is 91.1 cm³/mol. The summed E-state index contributed by atoms with van der Waals surface area (Å²) < 4.78 is 7.01. The summed E-state index contributed by atoms with van der Waals surface area (Å²) in [6.07, 6.45) is 0. The molecule has 2 aromatic carbocycles. The van der Waals surface area contributed by atoms with Crippen LogP contribution >= 0.6 is 15.9 Å². The van der Waals surface area contributed by atoms with E-state index in [1.807, 2.05) is 12.1 Å². The lowest BCUT2D eigenvalue weighted by atomic mass is 9.91. The van der Waals surface area contributed by atoms with Gasteiger partial charge in [0, 0.05) is 21.6 Å². The molecular weight excluding hydrogens is 326 g/mol. The minimum absolute atomic E-state index is 0.287. The summed E-state index contributed by atoms with van der Waals surface area (Å²) in [4.78, 5) is 0. The normalized spacial score (nSPS) is 20.6. The van der Waals surface area contributed by atoms with Crippen molar-refractivity contribution in [1.29, 1.82) is 0 Å². The number of ether oxygens (including phenoxy) is 1. The zero-order chi connectivity index (χ0) is 15.0. The maximum absolute atomic E-state index is 5.82. The van der Waals surface area contributed by atoms with Crippen LogP contribution in [0.5, 0.6) is 5.75 Å². The van der Waals surface area contributed by atoms with Crippen LogP contribution < -0.4 is 10.1 Å². The molecular formula is C18H20BrNO. The smallest absolute Gasteiger partial charge is 0.124 e. The summed E-state index contributed by atoms with van der Waals surface area (Å²) in [6.45, 7) is 7.24. The molecule has 0 aromatic heterocycles. The first-order chi connectivity index (χ1) is 10.1. The molecule has 2 aromatic rings. The summed E-state index contributed by atoms with van der Waals surface area (Å²) in [5.74, 6) is 1.43. The van der Waals surface area contributed by atoms with Gasteiger partial charge in [-0.05, 0) is 43.2 Å². The summed E-state index contributed by atoms with van der Waals surface area (Å²) in [5, 5.41) is 3.69. The van der Waals surface area contributed by atoms with E-state index in [0.717, 1.165) is 12.4 Å². The third-order valence-corrected chi connectivity index (χ3v) is 5.33. The molecule has 0 bridgehead atoms. The van der Waals surface area contributed by atoms with Gasteiger partial charge >= 0.3 is 0 Å². The van der Waals surface area contributed by atoms with E-state index in [9.17, 15) is 0 Å². The standard InChI is InChI=1S/C18H20BrNO/c1-11-8-14(9-12(2)17(11)19)20-18-13(3)10-21-16-7-5-4-6-15(16)18/h4-9,13,18,20H,10H2,1-3H3. The molecule has 21 heavy (non-hydrogen) atoms. The lowest BCUT2D eigenvalue weighted by Crippen LogP contribution is -2.28. The van der Waals surface area contributed by atoms with Gasteiger partial charge < -0.3 is 10.1 Å². The molecule has 1 heterocycles. The molecule has 0 fully saturated rings. The SMILES string of the molecule is Cc1cc(NC2c3ccccc3OCC2C)cc(C)c1Br. The van der Waals surface area contributed by atoms with Crippen LogP contribution in [0.3, 0.4) is 0 Å². The third kappa shape index (κ3) is 2.80. The van der Waals surface area contributed by atoms with E-state index in [2.05, 4.69) is 66.3 Å². The molecule has 2 unspecified atom stereocenters. The van der Waals surface area contributed by atoms with E-state index >= 15 is 0 Å². The molecule has 3 rings (SSSR count). The maximum Gasteiger partial charge on any atom is 0.124 e. The molecule has 0 radical (unpaired) electrons. The fraction of sp³-hybridized carbons (Fsp3) is 0.333. The van der Waals surface area contributed by atoms with Crippen molar-refractivity contribution < 1.29 is 4.74 Å². The van der Waals surface area contributed by atoms with Gasteiger partial charge in [0.25, 0.3) is 0 Å². The number of nitrogens with one attached hydrogen (secondary N) is 1. The third-order valence-electron chi connectivity index (χ3n) is 4.08. The van der Waals surface area contributed by atoms with Gasteiger partial charge in [0.1, 0.15) is 5.75 Å². The number of para-hydroxylation sites is 1. The number of fused-ring (bicyclic) bond motifs is 1. The Hall–Kier alpha value is -1.48. The van der Waals surface area contributed by atoms with Gasteiger partial charge in [0.05, 0.1) is 12.6 Å². The van der Waals surface area contributed by atoms with Gasteiger partial charge in [0.2, 0.25) is 0 Å². The summed E-state index contributed by atoms with van der Waals surface area (Å²) in [5.41, 5.74) is 4.92. The second kappa shape index (κ2) is 5.72. The van der Waals surface area contributed by atoms with E-state index in [1.54, 1.807) is 0 Å². The Balaban J connectivity index is 1.94. The van der Waals surface area contributed by atoms with Crippen LogP contribution in [0.2, 0.25) is 0 Å². The number of aryl methyl sites for hydroxylation is 2. The molecule has 0 spiro atoms. The van der Waals surface area contributed by atoms with Crippen LogP contribution in [0.15, 0.2) is 40.9 Å². The number of anilines is 1. The minimum Gasteiger partial charge on any atom is -0.493 e. The summed E-state index contributed by atoms with van der Waals surface area (Å²) >= 11 is 3.63. The minimum atomic E-state index is 0.287. The highest BCUT2D eigenvalue weighted by molar-refractivity contribution is 9.10. The molecule has 2 nitrogen and oxygen atoms in total. The van der Waals surface area contributed by atoms with Crippen LogP contribution in [0.4, 0.5) is 5.69 Å². The molecule has 0 saturated carbocycles. The van der Waals surface area contributed by atoms with Crippen LogP contribution in [0.1, 0.15) is 29.7 Å². The largest absolute Gasteiger partial charge is 0.493 e. The first-order valence-electron chi connectivity index (χ1n) is 7.31. The Kier molecular flexibility index (Phi) is 3.94. The Bertz CT molecular complexity index is 645. The summed E-state index contributed by atoms with van der Waals surface area (Å²) in [6, 6.07) is 13.0. The van der Waals surface area contributed by atoms with E-state index in [4.69, 9.17) is 4.74 Å². The van der Waals surface area contributed by atoms with Crippen LogP contribution in [0.25, 0.3) is 0 Å². The fourth-order valence-electron chi connectivity index (χ4n) is 2.92. The zero-order valence-corrected chi connectivity index (χ0v) is 14.2. The molecule has 1 aliphatic heterocycles. The Morgan fingerprint density at radius 3 is 2.52 bits per heavy atom. The zero-order valence-electron chi connectivity index (χ0n) is 12.6. The first-order valence-corrected chi connectivity index (χ1v) is 8.10. The number of benzene rings is 2. The van der Waals surface area contributed by atoms with Gasteiger partial charge in [-0.1, -0.05) is 41.1 Å². The number of hydrogen-bond acceptors (Lipinski definition) is 2. The quantitative estimate of drug-likeness (QED) is 0.802. The molecule has 3 heteroatoms. The highest BCUT2D eigenvalue weighted by Gasteiger charge is 2.27. The Labute approximate surface area is 134 Å². The highest BCUT2D eigenvalue weighted by Crippen LogP contribution is 2.38. The molecule has 0 amide bonds. The average molecular weight is 346 g/mol. The van der Waals surface area contributed by atoms with Crippen molar-refractivity contribution in [2.24, 2.45) is 5.92 Å². The molecule has 110 valence electrons. The van der Waals surface area contributed by atoms with Crippen molar-refractivity contribution in [1.82, 2.24) is 0 Å². The highest BCUT2D eigenvalue weighted by atomic mass is 79.9. The van der Waals surface area contributed by atoms with Crippen LogP contribution in [-0.2, 0) is 0 Å². The predicted octanol–water partition coefficient (Wildman–Crippen LogP) is 5.25. The second-order valence-corrected chi connectivity index (χ2v) is 6.67. The Morgan fingerprint density at radius 2 is 1.81 bits per heavy atom. The van der Waals surface area contributed by atoms with Crippen molar-refractivity contribution in [3.8, 4) is 5.75 Å². The average Bonchev–Trinajstić information content (AvgIpc) is 2.47.